The number of carbonyl (C=O) groups is 1. The maximum Gasteiger partial charge on any atom is 0.272 e. The number of carbonyl (C=O) groups excluding carboxylic acids is 1. The number of fused-ring (bicyclic) bond motifs is 2. The van der Waals surface area contributed by atoms with Crippen molar-refractivity contribution in [2.75, 3.05) is 19.6 Å². The Labute approximate surface area is 169 Å². The van der Waals surface area contributed by atoms with E-state index in [-0.39, 0.29) is 5.91 Å². The summed E-state index contributed by atoms with van der Waals surface area (Å²) in [5, 5.41) is 3.23. The zero-order valence-electron chi connectivity index (χ0n) is 16.0. The average molecular weight is 392 g/mol. The summed E-state index contributed by atoms with van der Waals surface area (Å²) in [6.07, 6.45) is 3.75. The maximum absolute atomic E-state index is 13.2. The smallest absolute Gasteiger partial charge is 0.272 e. The molecule has 0 aliphatic carbocycles. The van der Waals surface area contributed by atoms with Crippen LogP contribution in [0.15, 0.2) is 53.9 Å². The molecule has 144 valence electrons. The van der Waals surface area contributed by atoms with Gasteiger partial charge in [-0.3, -0.25) is 9.69 Å². The molecule has 0 saturated carbocycles. The standard InChI is InChI=1S/C23H25N3OS/c27-23(21-11-10-17-6-1-2-9-20(17)24-21)26-14-18-7-3-4-12-25(22(18)16-26)15-19-8-5-13-28-19/h1-2,5-6,8-11,13,18,22H,3-4,7,12,14-16H2/t18-,22+/m0/s1. The summed E-state index contributed by atoms with van der Waals surface area (Å²) in [6, 6.07) is 16.7. The molecule has 3 aromatic rings. The molecule has 0 N–H and O–H groups in total. The molecule has 2 fully saturated rings. The minimum absolute atomic E-state index is 0.0786. The van der Waals surface area contributed by atoms with Crippen molar-refractivity contribution in [3.8, 4) is 0 Å². The first kappa shape index (κ1) is 17.8. The van der Waals surface area contributed by atoms with E-state index in [2.05, 4.69) is 27.4 Å². The van der Waals surface area contributed by atoms with Gasteiger partial charge in [0.2, 0.25) is 0 Å². The van der Waals surface area contributed by atoms with Crippen molar-refractivity contribution in [2.45, 2.75) is 31.8 Å². The van der Waals surface area contributed by atoms with Gasteiger partial charge in [-0.1, -0.05) is 36.8 Å². The summed E-state index contributed by atoms with van der Waals surface area (Å²) in [5.74, 6) is 0.654. The Hall–Kier alpha value is -2.24. The molecule has 4 heterocycles. The monoisotopic (exact) mass is 391 g/mol. The van der Waals surface area contributed by atoms with Crippen molar-refractivity contribution in [3.05, 3.63) is 64.5 Å². The Morgan fingerprint density at radius 3 is 2.89 bits per heavy atom. The molecule has 0 radical (unpaired) electrons. The highest BCUT2D eigenvalue weighted by molar-refractivity contribution is 7.09. The van der Waals surface area contributed by atoms with Gasteiger partial charge in [0.05, 0.1) is 5.52 Å². The first-order valence-corrected chi connectivity index (χ1v) is 11.1. The van der Waals surface area contributed by atoms with Crippen LogP contribution in [0.25, 0.3) is 10.9 Å². The summed E-state index contributed by atoms with van der Waals surface area (Å²) >= 11 is 1.83. The minimum Gasteiger partial charge on any atom is -0.335 e. The minimum atomic E-state index is 0.0786. The van der Waals surface area contributed by atoms with Gasteiger partial charge in [-0.25, -0.2) is 4.98 Å². The Morgan fingerprint density at radius 1 is 1.07 bits per heavy atom. The Kier molecular flexibility index (Phi) is 4.87. The number of amides is 1. The van der Waals surface area contributed by atoms with Gasteiger partial charge in [0, 0.05) is 35.9 Å². The lowest BCUT2D eigenvalue weighted by Gasteiger charge is -2.29. The van der Waals surface area contributed by atoms with E-state index >= 15 is 0 Å². The third-order valence-corrected chi connectivity index (χ3v) is 7.05. The Bertz CT molecular complexity index is 971. The molecular weight excluding hydrogens is 366 g/mol. The van der Waals surface area contributed by atoms with Crippen LogP contribution >= 0.6 is 11.3 Å². The van der Waals surface area contributed by atoms with Gasteiger partial charge in [-0.15, -0.1) is 11.3 Å². The van der Waals surface area contributed by atoms with Crippen molar-refractivity contribution in [2.24, 2.45) is 5.92 Å². The molecule has 5 heteroatoms. The Balaban J connectivity index is 1.35. The van der Waals surface area contributed by atoms with Crippen LogP contribution in [0, 0.1) is 5.92 Å². The highest BCUT2D eigenvalue weighted by atomic mass is 32.1. The second-order valence-corrected chi connectivity index (χ2v) is 9.00. The van der Waals surface area contributed by atoms with Gasteiger partial charge in [0.15, 0.2) is 0 Å². The second-order valence-electron chi connectivity index (χ2n) is 7.97. The zero-order valence-corrected chi connectivity index (χ0v) is 16.8. The first-order chi connectivity index (χ1) is 13.8. The van der Waals surface area contributed by atoms with Gasteiger partial charge < -0.3 is 4.90 Å². The summed E-state index contributed by atoms with van der Waals surface area (Å²) in [5.41, 5.74) is 1.46. The summed E-state index contributed by atoms with van der Waals surface area (Å²) in [7, 11) is 0. The third-order valence-electron chi connectivity index (χ3n) is 6.19. The van der Waals surface area contributed by atoms with Crippen molar-refractivity contribution in [3.63, 3.8) is 0 Å². The van der Waals surface area contributed by atoms with E-state index in [0.717, 1.165) is 37.1 Å². The van der Waals surface area contributed by atoms with Crippen LogP contribution in [-0.4, -0.2) is 46.4 Å². The lowest BCUT2D eigenvalue weighted by Crippen LogP contribution is -2.40. The number of thiophene rings is 1. The summed E-state index contributed by atoms with van der Waals surface area (Å²) in [4.78, 5) is 23.9. The number of likely N-dealkylation sites (tertiary alicyclic amines) is 2. The predicted molar refractivity (Wildman–Crippen MR) is 114 cm³/mol. The van der Waals surface area contributed by atoms with Crippen molar-refractivity contribution in [1.82, 2.24) is 14.8 Å². The molecule has 2 saturated heterocycles. The van der Waals surface area contributed by atoms with Crippen molar-refractivity contribution < 1.29 is 4.79 Å². The fourth-order valence-electron chi connectivity index (χ4n) is 4.75. The lowest BCUT2D eigenvalue weighted by atomic mass is 9.98. The first-order valence-electron chi connectivity index (χ1n) is 10.2. The molecule has 2 aromatic heterocycles. The number of nitrogens with zero attached hydrogens (tertiary/aromatic N) is 3. The molecule has 0 bridgehead atoms. The van der Waals surface area contributed by atoms with E-state index < -0.39 is 0 Å². The van der Waals surface area contributed by atoms with E-state index in [1.54, 1.807) is 0 Å². The number of benzene rings is 1. The number of para-hydroxylation sites is 1. The fraction of sp³-hybridized carbons (Fsp3) is 0.391. The van der Waals surface area contributed by atoms with Crippen LogP contribution in [-0.2, 0) is 6.54 Å². The van der Waals surface area contributed by atoms with E-state index in [9.17, 15) is 4.79 Å². The highest BCUT2D eigenvalue weighted by Crippen LogP contribution is 2.32. The number of aromatic nitrogens is 1. The molecule has 4 nitrogen and oxygen atoms in total. The lowest BCUT2D eigenvalue weighted by molar-refractivity contribution is 0.0768. The topological polar surface area (TPSA) is 36.4 Å². The largest absolute Gasteiger partial charge is 0.335 e. The van der Waals surface area contributed by atoms with Crippen LogP contribution in [0.3, 0.4) is 0 Å². The quantitative estimate of drug-likeness (QED) is 0.663. The number of pyridine rings is 1. The van der Waals surface area contributed by atoms with Crippen molar-refractivity contribution in [1.29, 1.82) is 0 Å². The molecule has 2 aliphatic heterocycles. The molecule has 1 amide bonds. The number of hydrogen-bond acceptors (Lipinski definition) is 4. The molecular formula is C23H25N3OS. The molecule has 0 unspecified atom stereocenters. The average Bonchev–Trinajstić information content (AvgIpc) is 3.35. The van der Waals surface area contributed by atoms with Crippen LogP contribution in [0.2, 0.25) is 0 Å². The second kappa shape index (κ2) is 7.64. The molecule has 2 atom stereocenters. The Morgan fingerprint density at radius 2 is 2.00 bits per heavy atom. The van der Waals surface area contributed by atoms with Crippen LogP contribution in [0.5, 0.6) is 0 Å². The molecule has 2 aliphatic rings. The highest BCUT2D eigenvalue weighted by Gasteiger charge is 2.40. The van der Waals surface area contributed by atoms with Crippen LogP contribution < -0.4 is 0 Å². The van der Waals surface area contributed by atoms with E-state index in [4.69, 9.17) is 0 Å². The maximum atomic E-state index is 13.2. The molecule has 5 rings (SSSR count). The third kappa shape index (κ3) is 3.45. The van der Waals surface area contributed by atoms with Crippen LogP contribution in [0.4, 0.5) is 0 Å². The summed E-state index contributed by atoms with van der Waals surface area (Å²) in [6.45, 7) is 3.83. The van der Waals surface area contributed by atoms with E-state index in [1.807, 2.05) is 52.6 Å². The zero-order chi connectivity index (χ0) is 18.9. The normalized spacial score (nSPS) is 22.9. The van der Waals surface area contributed by atoms with Gasteiger partial charge in [-0.2, -0.15) is 0 Å². The SMILES string of the molecule is O=C(c1ccc2ccccc2n1)N1C[C@@H]2CCCCN(Cc3cccs3)[C@@H]2C1. The number of rotatable bonds is 3. The van der Waals surface area contributed by atoms with E-state index in [0.29, 0.717) is 17.7 Å². The van der Waals surface area contributed by atoms with Crippen molar-refractivity contribution >= 4 is 28.1 Å². The molecule has 1 aromatic carbocycles. The van der Waals surface area contributed by atoms with Gasteiger partial charge in [0.1, 0.15) is 5.69 Å². The van der Waals surface area contributed by atoms with Gasteiger partial charge in [-0.05, 0) is 48.9 Å². The van der Waals surface area contributed by atoms with E-state index in [1.165, 1.54) is 24.1 Å². The van der Waals surface area contributed by atoms with Crippen LogP contribution in [0.1, 0.15) is 34.6 Å². The number of hydrogen-bond donors (Lipinski definition) is 0. The molecule has 28 heavy (non-hydrogen) atoms. The van der Waals surface area contributed by atoms with Gasteiger partial charge >= 0.3 is 0 Å². The van der Waals surface area contributed by atoms with Gasteiger partial charge in [0.25, 0.3) is 5.91 Å². The summed E-state index contributed by atoms with van der Waals surface area (Å²) < 4.78 is 0. The molecule has 0 spiro atoms. The fourth-order valence-corrected chi connectivity index (χ4v) is 5.48. The predicted octanol–water partition coefficient (Wildman–Crippen LogP) is 4.42.